The van der Waals surface area contributed by atoms with Crippen molar-refractivity contribution < 1.29 is 14.7 Å². The lowest BCUT2D eigenvalue weighted by molar-refractivity contribution is -0.147. The first-order valence-electron chi connectivity index (χ1n) is 5.69. The molecule has 100 valence electrons. The number of carboxylic acids is 1. The summed E-state index contributed by atoms with van der Waals surface area (Å²) in [6.07, 6.45) is 0. The maximum absolute atomic E-state index is 12.0. The van der Waals surface area contributed by atoms with Gasteiger partial charge in [0, 0.05) is 13.1 Å². The minimum absolute atomic E-state index is 0.342. The van der Waals surface area contributed by atoms with Crippen LogP contribution in [-0.4, -0.2) is 34.1 Å². The number of aliphatic carboxylic acids is 1. The van der Waals surface area contributed by atoms with Gasteiger partial charge >= 0.3 is 12.0 Å². The van der Waals surface area contributed by atoms with Crippen molar-refractivity contribution in [2.75, 3.05) is 6.54 Å². The first-order chi connectivity index (χ1) is 8.39. The summed E-state index contributed by atoms with van der Waals surface area (Å²) < 4.78 is 0. The molecule has 0 aliphatic rings. The van der Waals surface area contributed by atoms with Gasteiger partial charge in [-0.15, -0.1) is 0 Å². The van der Waals surface area contributed by atoms with E-state index in [1.807, 2.05) is 16.8 Å². The van der Waals surface area contributed by atoms with Crippen LogP contribution in [0, 0.1) is 0 Å². The van der Waals surface area contributed by atoms with E-state index in [0.717, 1.165) is 5.56 Å². The zero-order valence-electron chi connectivity index (χ0n) is 10.8. The highest BCUT2D eigenvalue weighted by atomic mass is 32.1. The maximum atomic E-state index is 12.0. The molecule has 1 aromatic heterocycles. The minimum atomic E-state index is -1.21. The molecule has 0 spiro atoms. The smallest absolute Gasteiger partial charge is 0.329 e. The molecule has 2 amide bonds. The van der Waals surface area contributed by atoms with Gasteiger partial charge in [0.1, 0.15) is 5.54 Å². The lowest BCUT2D eigenvalue weighted by atomic mass is 10.0. The molecule has 1 heterocycles. The molecule has 0 aromatic carbocycles. The molecular weight excluding hydrogens is 252 g/mol. The van der Waals surface area contributed by atoms with Crippen LogP contribution >= 0.6 is 11.3 Å². The number of thiophene rings is 1. The van der Waals surface area contributed by atoms with Crippen molar-refractivity contribution in [1.29, 1.82) is 0 Å². The van der Waals surface area contributed by atoms with Crippen molar-refractivity contribution in [1.82, 2.24) is 10.2 Å². The quantitative estimate of drug-likeness (QED) is 0.861. The molecule has 0 unspecified atom stereocenters. The van der Waals surface area contributed by atoms with Crippen molar-refractivity contribution in [3.63, 3.8) is 0 Å². The third-order valence-electron chi connectivity index (χ3n) is 2.78. The number of rotatable bonds is 5. The van der Waals surface area contributed by atoms with E-state index in [2.05, 4.69) is 5.32 Å². The third-order valence-corrected chi connectivity index (χ3v) is 3.52. The fourth-order valence-electron chi connectivity index (χ4n) is 1.57. The highest BCUT2D eigenvalue weighted by Crippen LogP contribution is 2.15. The fourth-order valence-corrected chi connectivity index (χ4v) is 2.24. The Morgan fingerprint density at radius 3 is 2.61 bits per heavy atom. The second kappa shape index (κ2) is 5.86. The summed E-state index contributed by atoms with van der Waals surface area (Å²) in [6.45, 7) is 5.55. The van der Waals surface area contributed by atoms with Crippen LogP contribution in [0.15, 0.2) is 16.8 Å². The summed E-state index contributed by atoms with van der Waals surface area (Å²) in [5.74, 6) is -1.02. The second-order valence-electron chi connectivity index (χ2n) is 4.40. The molecule has 0 aliphatic carbocycles. The van der Waals surface area contributed by atoms with Gasteiger partial charge in [0.25, 0.3) is 0 Å². The Bertz CT molecular complexity index is 415. The van der Waals surface area contributed by atoms with E-state index in [1.54, 1.807) is 18.3 Å². The van der Waals surface area contributed by atoms with Crippen molar-refractivity contribution in [3.8, 4) is 0 Å². The number of amides is 2. The molecule has 1 aromatic rings. The molecule has 6 heteroatoms. The molecule has 0 atom stereocenters. The van der Waals surface area contributed by atoms with Crippen molar-refractivity contribution in [3.05, 3.63) is 22.4 Å². The summed E-state index contributed by atoms with van der Waals surface area (Å²) in [6, 6.07) is 1.56. The number of carbonyl (C=O) groups is 2. The van der Waals surface area contributed by atoms with Crippen LogP contribution in [0.25, 0.3) is 0 Å². The Kier molecular flexibility index (Phi) is 4.72. The molecule has 0 saturated carbocycles. The maximum Gasteiger partial charge on any atom is 0.329 e. The van der Waals surface area contributed by atoms with Gasteiger partial charge in [-0.3, -0.25) is 0 Å². The summed E-state index contributed by atoms with van der Waals surface area (Å²) in [7, 11) is 0. The van der Waals surface area contributed by atoms with Gasteiger partial charge in [-0.2, -0.15) is 11.3 Å². The van der Waals surface area contributed by atoms with Crippen LogP contribution in [0.3, 0.4) is 0 Å². The van der Waals surface area contributed by atoms with Crippen molar-refractivity contribution in [2.45, 2.75) is 32.9 Å². The number of likely N-dealkylation sites (N-methyl/N-ethyl adjacent to an activating group) is 1. The van der Waals surface area contributed by atoms with Crippen LogP contribution in [0.4, 0.5) is 4.79 Å². The summed E-state index contributed by atoms with van der Waals surface area (Å²) in [5, 5.41) is 15.7. The Hall–Kier alpha value is -1.56. The topological polar surface area (TPSA) is 69.6 Å². The van der Waals surface area contributed by atoms with E-state index < -0.39 is 11.5 Å². The van der Waals surface area contributed by atoms with Crippen LogP contribution in [0.1, 0.15) is 26.3 Å². The minimum Gasteiger partial charge on any atom is -0.480 e. The Labute approximate surface area is 110 Å². The number of carboxylic acid groups (broad SMARTS) is 1. The Morgan fingerprint density at radius 1 is 1.50 bits per heavy atom. The highest BCUT2D eigenvalue weighted by Gasteiger charge is 2.36. The fraction of sp³-hybridized carbons (Fsp3) is 0.500. The van der Waals surface area contributed by atoms with E-state index in [0.29, 0.717) is 13.1 Å². The molecule has 0 fully saturated rings. The monoisotopic (exact) mass is 270 g/mol. The molecule has 18 heavy (non-hydrogen) atoms. The zero-order valence-corrected chi connectivity index (χ0v) is 11.6. The van der Waals surface area contributed by atoms with Gasteiger partial charge < -0.3 is 15.3 Å². The molecule has 2 N–H and O–H groups in total. The van der Waals surface area contributed by atoms with Crippen LogP contribution < -0.4 is 5.32 Å². The second-order valence-corrected chi connectivity index (χ2v) is 5.18. The number of carbonyl (C=O) groups excluding carboxylic acids is 1. The van der Waals surface area contributed by atoms with Gasteiger partial charge in [-0.25, -0.2) is 9.59 Å². The van der Waals surface area contributed by atoms with E-state index in [9.17, 15) is 9.59 Å². The SMILES string of the molecule is CCN(C(=O)NCc1ccsc1)C(C)(C)C(=O)O. The van der Waals surface area contributed by atoms with Gasteiger partial charge in [0.15, 0.2) is 0 Å². The average molecular weight is 270 g/mol. The predicted molar refractivity (Wildman–Crippen MR) is 70.6 cm³/mol. The molecule has 5 nitrogen and oxygen atoms in total. The average Bonchev–Trinajstić information content (AvgIpc) is 2.79. The molecule has 0 radical (unpaired) electrons. The van der Waals surface area contributed by atoms with Gasteiger partial charge in [0.2, 0.25) is 0 Å². The molecule has 1 rings (SSSR count). The lowest BCUT2D eigenvalue weighted by Crippen LogP contribution is -2.55. The Morgan fingerprint density at radius 2 is 2.17 bits per heavy atom. The third kappa shape index (κ3) is 3.22. The molecular formula is C12H18N2O3S. The standard InChI is InChI=1S/C12H18N2O3S/c1-4-14(12(2,3)10(15)16)11(17)13-7-9-5-6-18-8-9/h5-6,8H,4,7H2,1-3H3,(H,13,17)(H,15,16). The number of nitrogens with zero attached hydrogens (tertiary/aromatic N) is 1. The molecule has 0 bridgehead atoms. The normalized spacial score (nSPS) is 11.1. The number of urea groups is 1. The number of nitrogens with one attached hydrogen (secondary N) is 1. The van der Waals surface area contributed by atoms with Gasteiger partial charge in [-0.05, 0) is 43.2 Å². The first-order valence-corrected chi connectivity index (χ1v) is 6.63. The highest BCUT2D eigenvalue weighted by molar-refractivity contribution is 7.07. The summed E-state index contributed by atoms with van der Waals surface area (Å²) in [4.78, 5) is 24.4. The van der Waals surface area contributed by atoms with E-state index in [1.165, 1.54) is 18.7 Å². The largest absolute Gasteiger partial charge is 0.480 e. The predicted octanol–water partition coefficient (Wildman–Crippen LogP) is 2.14. The van der Waals surface area contributed by atoms with Crippen molar-refractivity contribution >= 4 is 23.3 Å². The summed E-state index contributed by atoms with van der Waals surface area (Å²) in [5.41, 5.74) is -0.203. The van der Waals surface area contributed by atoms with Crippen LogP contribution in [0.5, 0.6) is 0 Å². The number of hydrogen-bond acceptors (Lipinski definition) is 3. The lowest BCUT2D eigenvalue weighted by Gasteiger charge is -2.34. The number of hydrogen-bond donors (Lipinski definition) is 2. The van der Waals surface area contributed by atoms with E-state index in [-0.39, 0.29) is 6.03 Å². The molecule has 0 saturated heterocycles. The van der Waals surface area contributed by atoms with Gasteiger partial charge in [-0.1, -0.05) is 0 Å². The summed E-state index contributed by atoms with van der Waals surface area (Å²) >= 11 is 1.56. The molecule has 0 aliphatic heterocycles. The van der Waals surface area contributed by atoms with E-state index in [4.69, 9.17) is 5.11 Å². The van der Waals surface area contributed by atoms with Crippen LogP contribution in [-0.2, 0) is 11.3 Å². The van der Waals surface area contributed by atoms with Gasteiger partial charge in [0.05, 0.1) is 0 Å². The van der Waals surface area contributed by atoms with Crippen molar-refractivity contribution in [2.24, 2.45) is 0 Å². The first kappa shape index (κ1) is 14.5. The Balaban J connectivity index is 2.65. The van der Waals surface area contributed by atoms with E-state index >= 15 is 0 Å². The van der Waals surface area contributed by atoms with Crippen LogP contribution in [0.2, 0.25) is 0 Å². The zero-order chi connectivity index (χ0) is 13.8.